The number of nitrogens with one attached hydrogen (secondary N) is 1. The van der Waals surface area contributed by atoms with Gasteiger partial charge < -0.3 is 5.32 Å². The highest BCUT2D eigenvalue weighted by atomic mass is 35.5. The molecular formula is C21H17ClN8. The summed E-state index contributed by atoms with van der Waals surface area (Å²) in [6.07, 6.45) is 7.71. The van der Waals surface area contributed by atoms with Crippen molar-refractivity contribution < 1.29 is 0 Å². The summed E-state index contributed by atoms with van der Waals surface area (Å²) < 4.78 is 3.70. The molecular weight excluding hydrogens is 400 g/mol. The predicted molar refractivity (Wildman–Crippen MR) is 115 cm³/mol. The predicted octanol–water partition coefficient (Wildman–Crippen LogP) is 3.91. The number of aryl methyl sites for hydroxylation is 1. The van der Waals surface area contributed by atoms with Crippen LogP contribution in [0.15, 0.2) is 67.3 Å². The Morgan fingerprint density at radius 1 is 0.967 bits per heavy atom. The van der Waals surface area contributed by atoms with E-state index in [2.05, 4.69) is 30.6 Å². The van der Waals surface area contributed by atoms with Crippen LogP contribution < -0.4 is 5.32 Å². The zero-order valence-electron chi connectivity index (χ0n) is 16.1. The number of pyridine rings is 3. The number of anilines is 2. The van der Waals surface area contributed by atoms with Crippen molar-refractivity contribution in [2.24, 2.45) is 7.05 Å². The molecule has 0 aliphatic heterocycles. The zero-order chi connectivity index (χ0) is 20.5. The van der Waals surface area contributed by atoms with E-state index in [1.165, 1.54) is 0 Å². The summed E-state index contributed by atoms with van der Waals surface area (Å²) in [6.45, 7) is 0. The topological polar surface area (TPSA) is 85.8 Å². The van der Waals surface area contributed by atoms with Crippen molar-refractivity contribution in [1.29, 1.82) is 0 Å². The van der Waals surface area contributed by atoms with Crippen molar-refractivity contribution in [3.05, 3.63) is 83.8 Å². The number of hydrogen-bond acceptors (Lipinski definition) is 6. The van der Waals surface area contributed by atoms with Crippen LogP contribution in [0.5, 0.6) is 0 Å². The first-order chi connectivity index (χ1) is 14.7. The van der Waals surface area contributed by atoms with Crippen molar-refractivity contribution in [2.75, 3.05) is 5.32 Å². The largest absolute Gasteiger partial charge is 0.325 e. The summed E-state index contributed by atoms with van der Waals surface area (Å²) in [5.74, 6) is 2.39. The lowest BCUT2D eigenvalue weighted by molar-refractivity contribution is 0.776. The van der Waals surface area contributed by atoms with E-state index in [1.807, 2.05) is 60.1 Å². The monoisotopic (exact) mass is 416 g/mol. The first-order valence-electron chi connectivity index (χ1n) is 9.32. The molecule has 8 nitrogen and oxygen atoms in total. The molecule has 0 amide bonds. The molecule has 148 valence electrons. The smallest absolute Gasteiger partial charge is 0.161 e. The number of nitrogens with zero attached hydrogens (tertiary/aromatic N) is 7. The standard InChI is InChI=1S/C21H17ClN8/c1-29-19(5-9-25-29)26-18-11-14(4-8-24-18)15-6-10-30-20(12-15)27-28-21(30)13-17-16(22)3-2-7-23-17/h2-12H,13H2,1H3,(H,24,26). The van der Waals surface area contributed by atoms with Gasteiger partial charge >= 0.3 is 0 Å². The average molecular weight is 417 g/mol. The molecule has 0 aromatic carbocycles. The van der Waals surface area contributed by atoms with Gasteiger partial charge in [-0.3, -0.25) is 14.1 Å². The first-order valence-corrected chi connectivity index (χ1v) is 9.70. The van der Waals surface area contributed by atoms with Gasteiger partial charge in [-0.1, -0.05) is 11.6 Å². The summed E-state index contributed by atoms with van der Waals surface area (Å²) in [6, 6.07) is 13.5. The highest BCUT2D eigenvalue weighted by molar-refractivity contribution is 6.31. The van der Waals surface area contributed by atoms with Gasteiger partial charge in [-0.15, -0.1) is 10.2 Å². The third-order valence-corrected chi connectivity index (χ3v) is 5.16. The Balaban J connectivity index is 1.44. The first kappa shape index (κ1) is 18.3. The molecule has 0 aliphatic rings. The number of halogens is 1. The van der Waals surface area contributed by atoms with Gasteiger partial charge in [0.2, 0.25) is 0 Å². The minimum absolute atomic E-state index is 0.508. The fraction of sp³-hybridized carbons (Fsp3) is 0.0952. The second kappa shape index (κ2) is 7.57. The molecule has 5 heterocycles. The zero-order valence-corrected chi connectivity index (χ0v) is 16.8. The molecule has 30 heavy (non-hydrogen) atoms. The normalized spacial score (nSPS) is 11.1. The van der Waals surface area contributed by atoms with Crippen LogP contribution in [0, 0.1) is 0 Å². The lowest BCUT2D eigenvalue weighted by atomic mass is 10.1. The number of aromatic nitrogens is 7. The molecule has 0 saturated heterocycles. The number of rotatable bonds is 5. The van der Waals surface area contributed by atoms with Crippen LogP contribution in [0.2, 0.25) is 5.02 Å². The highest BCUT2D eigenvalue weighted by Gasteiger charge is 2.11. The third-order valence-electron chi connectivity index (χ3n) is 4.81. The van der Waals surface area contributed by atoms with Crippen molar-refractivity contribution in [1.82, 2.24) is 34.3 Å². The lowest BCUT2D eigenvalue weighted by Gasteiger charge is -2.08. The Kier molecular flexibility index (Phi) is 4.61. The van der Waals surface area contributed by atoms with Gasteiger partial charge in [0.25, 0.3) is 0 Å². The maximum absolute atomic E-state index is 6.24. The van der Waals surface area contributed by atoms with E-state index in [-0.39, 0.29) is 0 Å². The molecule has 0 saturated carbocycles. The maximum Gasteiger partial charge on any atom is 0.161 e. The number of fused-ring (bicyclic) bond motifs is 1. The Morgan fingerprint density at radius 3 is 2.70 bits per heavy atom. The summed E-state index contributed by atoms with van der Waals surface area (Å²) in [5.41, 5.74) is 3.58. The fourth-order valence-electron chi connectivity index (χ4n) is 3.24. The molecule has 5 aromatic rings. The average Bonchev–Trinajstić information content (AvgIpc) is 3.35. The minimum Gasteiger partial charge on any atom is -0.325 e. The molecule has 0 aliphatic carbocycles. The molecule has 0 fully saturated rings. The SMILES string of the molecule is Cn1nccc1Nc1cc(-c2ccn3c(Cc4ncccc4Cl)nnc3c2)ccn1. The number of hydrogen-bond donors (Lipinski definition) is 1. The second-order valence-corrected chi connectivity index (χ2v) is 7.17. The second-order valence-electron chi connectivity index (χ2n) is 6.76. The molecule has 5 rings (SSSR count). The Morgan fingerprint density at radius 2 is 1.87 bits per heavy atom. The van der Waals surface area contributed by atoms with Crippen LogP contribution in [-0.4, -0.2) is 34.3 Å². The van der Waals surface area contributed by atoms with E-state index in [9.17, 15) is 0 Å². The summed E-state index contributed by atoms with van der Waals surface area (Å²) in [7, 11) is 1.88. The molecule has 1 N–H and O–H groups in total. The Hall–Kier alpha value is -3.78. The van der Waals surface area contributed by atoms with Gasteiger partial charge in [0.1, 0.15) is 17.5 Å². The molecule has 0 bridgehead atoms. The third kappa shape index (κ3) is 3.48. The van der Waals surface area contributed by atoms with Gasteiger partial charge in [0.15, 0.2) is 5.65 Å². The highest BCUT2D eigenvalue weighted by Crippen LogP contribution is 2.24. The van der Waals surface area contributed by atoms with E-state index < -0.39 is 0 Å². The Labute approximate surface area is 177 Å². The molecule has 0 spiro atoms. The van der Waals surface area contributed by atoms with E-state index in [1.54, 1.807) is 23.3 Å². The molecule has 5 aromatic heterocycles. The van der Waals surface area contributed by atoms with Crippen molar-refractivity contribution in [3.8, 4) is 11.1 Å². The van der Waals surface area contributed by atoms with Gasteiger partial charge in [-0.25, -0.2) is 4.98 Å². The van der Waals surface area contributed by atoms with Crippen molar-refractivity contribution >= 4 is 28.9 Å². The molecule has 0 radical (unpaired) electrons. The summed E-state index contributed by atoms with van der Waals surface area (Å²) in [5, 5.41) is 16.7. The van der Waals surface area contributed by atoms with Gasteiger partial charge in [0, 0.05) is 31.7 Å². The van der Waals surface area contributed by atoms with Crippen LogP contribution in [0.4, 0.5) is 11.6 Å². The van der Waals surface area contributed by atoms with Gasteiger partial charge in [-0.2, -0.15) is 5.10 Å². The molecule has 9 heteroatoms. The van der Waals surface area contributed by atoms with E-state index in [0.29, 0.717) is 11.4 Å². The minimum atomic E-state index is 0.508. The van der Waals surface area contributed by atoms with Gasteiger partial charge in [-0.05, 0) is 47.5 Å². The van der Waals surface area contributed by atoms with Crippen molar-refractivity contribution in [2.45, 2.75) is 6.42 Å². The summed E-state index contributed by atoms with van der Waals surface area (Å²) in [4.78, 5) is 8.74. The maximum atomic E-state index is 6.24. The molecule has 0 unspecified atom stereocenters. The van der Waals surface area contributed by atoms with E-state index in [4.69, 9.17) is 11.6 Å². The lowest BCUT2D eigenvalue weighted by Crippen LogP contribution is -2.00. The quantitative estimate of drug-likeness (QED) is 0.467. The van der Waals surface area contributed by atoms with Crippen LogP contribution in [0.25, 0.3) is 16.8 Å². The van der Waals surface area contributed by atoms with E-state index in [0.717, 1.165) is 39.9 Å². The van der Waals surface area contributed by atoms with Crippen LogP contribution in [0.3, 0.4) is 0 Å². The van der Waals surface area contributed by atoms with Gasteiger partial charge in [0.05, 0.1) is 23.3 Å². The summed E-state index contributed by atoms with van der Waals surface area (Å²) >= 11 is 6.24. The van der Waals surface area contributed by atoms with Crippen molar-refractivity contribution in [3.63, 3.8) is 0 Å². The Bertz CT molecular complexity index is 1340. The molecule has 0 atom stereocenters. The van der Waals surface area contributed by atoms with Crippen LogP contribution >= 0.6 is 11.6 Å². The fourth-order valence-corrected chi connectivity index (χ4v) is 3.43. The van der Waals surface area contributed by atoms with Crippen LogP contribution in [0.1, 0.15) is 11.5 Å². The van der Waals surface area contributed by atoms with Crippen LogP contribution in [-0.2, 0) is 13.5 Å². The van der Waals surface area contributed by atoms with E-state index >= 15 is 0 Å².